The molecule has 0 atom stereocenters. The molecule has 0 radical (unpaired) electrons. The van der Waals surface area contributed by atoms with E-state index < -0.39 is 7.82 Å². The van der Waals surface area contributed by atoms with Gasteiger partial charge < -0.3 is 8.94 Å². The summed E-state index contributed by atoms with van der Waals surface area (Å²) >= 11 is 0. The molecule has 0 aromatic carbocycles. The molecule has 1 rings (SSSR count). The molecule has 6 heteroatoms. The highest BCUT2D eigenvalue weighted by Crippen LogP contribution is 2.52. The molecule has 5 nitrogen and oxygen atoms in total. The van der Waals surface area contributed by atoms with Crippen LogP contribution in [0, 0.1) is 0 Å². The third-order valence-corrected chi connectivity index (χ3v) is 3.19. The Labute approximate surface area is 94.6 Å². The number of hydrogen-bond donors (Lipinski definition) is 0. The molecular weight excluding hydrogens is 231 g/mol. The highest BCUT2D eigenvalue weighted by molar-refractivity contribution is 7.48. The maximum Gasteiger partial charge on any atom is 0.530 e. The summed E-state index contributed by atoms with van der Waals surface area (Å²) in [4.78, 5) is 0. The van der Waals surface area contributed by atoms with E-state index in [1.807, 2.05) is 0 Å². The zero-order valence-electron chi connectivity index (χ0n) is 9.34. The summed E-state index contributed by atoms with van der Waals surface area (Å²) in [7, 11) is -3.58. The molecule has 16 heavy (non-hydrogen) atoms. The number of phosphoric acid groups is 1. The van der Waals surface area contributed by atoms with Crippen molar-refractivity contribution in [3.8, 4) is 0 Å². The van der Waals surface area contributed by atoms with Crippen LogP contribution in [-0.2, 0) is 18.1 Å². The van der Waals surface area contributed by atoms with Crippen molar-refractivity contribution in [2.45, 2.75) is 13.8 Å². The summed E-state index contributed by atoms with van der Waals surface area (Å²) < 4.78 is 32.0. The van der Waals surface area contributed by atoms with Crippen LogP contribution in [0.5, 0.6) is 0 Å². The van der Waals surface area contributed by atoms with Gasteiger partial charge in [-0.15, -0.1) is 0 Å². The Morgan fingerprint density at radius 2 is 2.06 bits per heavy atom. The number of rotatable bonds is 7. The van der Waals surface area contributed by atoms with Crippen LogP contribution in [0.25, 0.3) is 5.76 Å². The molecule has 0 saturated carbocycles. The fourth-order valence-corrected chi connectivity index (χ4v) is 2.20. The molecule has 0 N–H and O–H groups in total. The highest BCUT2D eigenvalue weighted by Gasteiger charge is 2.28. The van der Waals surface area contributed by atoms with E-state index >= 15 is 0 Å². The monoisotopic (exact) mass is 246 g/mol. The molecule has 1 aromatic heterocycles. The van der Waals surface area contributed by atoms with E-state index in [4.69, 9.17) is 18.0 Å². The van der Waals surface area contributed by atoms with Gasteiger partial charge in [-0.25, -0.2) is 4.57 Å². The van der Waals surface area contributed by atoms with E-state index in [2.05, 4.69) is 6.58 Å². The first-order valence-electron chi connectivity index (χ1n) is 4.92. The van der Waals surface area contributed by atoms with E-state index in [-0.39, 0.29) is 19.0 Å². The third-order valence-electron chi connectivity index (χ3n) is 1.59. The van der Waals surface area contributed by atoms with Crippen LogP contribution in [0.2, 0.25) is 0 Å². The zero-order chi connectivity index (χ0) is 12.0. The van der Waals surface area contributed by atoms with Crippen LogP contribution in [-0.4, -0.2) is 13.2 Å². The van der Waals surface area contributed by atoms with Crippen molar-refractivity contribution >= 4 is 13.6 Å². The summed E-state index contributed by atoms with van der Waals surface area (Å²) in [5.74, 6) is 0.509. The van der Waals surface area contributed by atoms with Gasteiger partial charge in [-0.3, -0.25) is 9.05 Å². The van der Waals surface area contributed by atoms with Gasteiger partial charge in [0, 0.05) is 0 Å². The van der Waals surface area contributed by atoms with Gasteiger partial charge in [-0.05, 0) is 26.0 Å². The minimum atomic E-state index is -3.58. The van der Waals surface area contributed by atoms with Crippen LogP contribution in [0.1, 0.15) is 19.6 Å². The number of furan rings is 1. The fourth-order valence-electron chi connectivity index (χ4n) is 1.02. The number of phosphoric ester groups is 1. The van der Waals surface area contributed by atoms with E-state index in [1.165, 1.54) is 6.26 Å². The summed E-state index contributed by atoms with van der Waals surface area (Å²) in [5, 5.41) is 0. The van der Waals surface area contributed by atoms with Gasteiger partial charge in [0.1, 0.15) is 0 Å². The van der Waals surface area contributed by atoms with Crippen LogP contribution in [0.15, 0.2) is 29.4 Å². The standard InChI is InChI=1S/C10H15O5P/c1-4-13-16(11,14-5-2)15-9(3)10-7-6-8-12-10/h6-8H,3-5H2,1-2H3. The molecule has 1 aromatic rings. The first kappa shape index (κ1) is 13.0. The average molecular weight is 246 g/mol. The second kappa shape index (κ2) is 5.89. The molecule has 1 heterocycles. The molecular formula is C10H15O5P. The molecule has 0 fully saturated rings. The lowest BCUT2D eigenvalue weighted by molar-refractivity contribution is 0.158. The molecule has 0 spiro atoms. The van der Waals surface area contributed by atoms with Gasteiger partial charge in [0.05, 0.1) is 19.5 Å². The lowest BCUT2D eigenvalue weighted by Crippen LogP contribution is -1.99. The highest BCUT2D eigenvalue weighted by atomic mass is 31.2. The van der Waals surface area contributed by atoms with Crippen LogP contribution >= 0.6 is 7.82 Å². The quantitative estimate of drug-likeness (QED) is 0.544. The molecule has 0 aliphatic rings. The lowest BCUT2D eigenvalue weighted by Gasteiger charge is -2.17. The molecule has 0 bridgehead atoms. The first-order chi connectivity index (χ1) is 7.61. The molecule has 0 saturated heterocycles. The summed E-state index contributed by atoms with van der Waals surface area (Å²) in [5.41, 5.74) is 0. The normalized spacial score (nSPS) is 11.4. The Morgan fingerprint density at radius 3 is 2.50 bits per heavy atom. The smallest absolute Gasteiger partial charge is 0.461 e. The van der Waals surface area contributed by atoms with Crippen molar-refractivity contribution in [2.75, 3.05) is 13.2 Å². The van der Waals surface area contributed by atoms with Gasteiger partial charge in [0.2, 0.25) is 0 Å². The van der Waals surface area contributed by atoms with Gasteiger partial charge in [0.25, 0.3) is 0 Å². The zero-order valence-corrected chi connectivity index (χ0v) is 10.2. The average Bonchev–Trinajstić information content (AvgIpc) is 2.70. The molecule has 0 aliphatic heterocycles. The van der Waals surface area contributed by atoms with Gasteiger partial charge >= 0.3 is 7.82 Å². The summed E-state index contributed by atoms with van der Waals surface area (Å²) in [6.45, 7) is 7.45. The van der Waals surface area contributed by atoms with Crippen molar-refractivity contribution in [1.29, 1.82) is 0 Å². The van der Waals surface area contributed by atoms with Crippen molar-refractivity contribution < 1.29 is 22.6 Å². The van der Waals surface area contributed by atoms with E-state index in [1.54, 1.807) is 26.0 Å². The van der Waals surface area contributed by atoms with Gasteiger partial charge in [-0.1, -0.05) is 6.58 Å². The first-order valence-corrected chi connectivity index (χ1v) is 6.39. The Morgan fingerprint density at radius 1 is 1.44 bits per heavy atom. The lowest BCUT2D eigenvalue weighted by atomic mass is 10.4. The summed E-state index contributed by atoms with van der Waals surface area (Å²) in [6.07, 6.45) is 1.47. The van der Waals surface area contributed by atoms with Crippen LogP contribution in [0.3, 0.4) is 0 Å². The SMILES string of the molecule is C=C(OP(=O)(OCC)OCC)c1ccco1. The largest absolute Gasteiger partial charge is 0.530 e. The Bertz CT molecular complexity index is 361. The van der Waals surface area contributed by atoms with Crippen molar-refractivity contribution in [3.05, 3.63) is 30.7 Å². The fraction of sp³-hybridized carbons (Fsp3) is 0.400. The van der Waals surface area contributed by atoms with E-state index in [9.17, 15) is 4.57 Å². The third kappa shape index (κ3) is 3.52. The van der Waals surface area contributed by atoms with Crippen molar-refractivity contribution in [3.63, 3.8) is 0 Å². The van der Waals surface area contributed by atoms with Crippen LogP contribution in [0.4, 0.5) is 0 Å². The topological polar surface area (TPSA) is 57.9 Å². The maximum atomic E-state index is 11.9. The molecule has 0 amide bonds. The Kier molecular flexibility index (Phi) is 4.80. The van der Waals surface area contributed by atoms with E-state index in [0.29, 0.717) is 5.76 Å². The molecule has 90 valence electrons. The second-order valence-corrected chi connectivity index (χ2v) is 4.37. The number of hydrogen-bond acceptors (Lipinski definition) is 5. The predicted molar refractivity (Wildman–Crippen MR) is 59.7 cm³/mol. The summed E-state index contributed by atoms with van der Waals surface area (Å²) in [6, 6.07) is 3.32. The Balaban J connectivity index is 2.69. The van der Waals surface area contributed by atoms with Crippen molar-refractivity contribution in [2.24, 2.45) is 0 Å². The molecule has 0 aliphatic carbocycles. The minimum Gasteiger partial charge on any atom is -0.461 e. The van der Waals surface area contributed by atoms with Gasteiger partial charge in [0.15, 0.2) is 11.5 Å². The predicted octanol–water partition coefficient (Wildman–Crippen LogP) is 3.45. The minimum absolute atomic E-state index is 0.121. The maximum absolute atomic E-state index is 11.9. The molecule has 0 unspecified atom stereocenters. The second-order valence-electron chi connectivity index (χ2n) is 2.77. The van der Waals surface area contributed by atoms with Crippen molar-refractivity contribution in [1.82, 2.24) is 0 Å². The van der Waals surface area contributed by atoms with Crippen LogP contribution < -0.4 is 0 Å². The van der Waals surface area contributed by atoms with Gasteiger partial charge in [-0.2, -0.15) is 0 Å². The van der Waals surface area contributed by atoms with E-state index in [0.717, 1.165) is 0 Å². The Hall–Kier alpha value is -1.03.